The minimum Gasteiger partial charge on any atom is -0.376 e. The number of rotatable bonds is 5. The van der Waals surface area contributed by atoms with E-state index in [0.29, 0.717) is 29.8 Å². The summed E-state index contributed by atoms with van der Waals surface area (Å²) in [5.74, 6) is 0.684. The van der Waals surface area contributed by atoms with Crippen LogP contribution in [0.15, 0.2) is 22.9 Å². The average molecular weight is 285 g/mol. The van der Waals surface area contributed by atoms with E-state index in [0.717, 1.165) is 12.8 Å². The summed E-state index contributed by atoms with van der Waals surface area (Å²) in [7, 11) is 0. The minimum atomic E-state index is -0.415. The Morgan fingerprint density at radius 2 is 2.33 bits per heavy atom. The fraction of sp³-hybridized carbons (Fsp3) is 0.429. The second-order valence-corrected chi connectivity index (χ2v) is 4.99. The number of hydrogen-bond acceptors (Lipinski definition) is 7. The molecule has 108 valence electrons. The molecule has 0 spiro atoms. The van der Waals surface area contributed by atoms with Crippen molar-refractivity contribution in [1.29, 1.82) is 5.26 Å². The van der Waals surface area contributed by atoms with Crippen molar-refractivity contribution in [3.05, 3.63) is 29.7 Å². The van der Waals surface area contributed by atoms with Crippen LogP contribution in [0.5, 0.6) is 0 Å². The lowest BCUT2D eigenvalue weighted by Crippen LogP contribution is -2.27. The molecule has 2 aromatic heterocycles. The number of hydrogen-bond donors (Lipinski definition) is 1. The Hall–Kier alpha value is -2.30. The van der Waals surface area contributed by atoms with Gasteiger partial charge in [0.25, 0.3) is 5.89 Å². The second-order valence-electron chi connectivity index (χ2n) is 4.99. The quantitative estimate of drug-likeness (QED) is 0.887. The molecule has 1 atom stereocenters. The molecule has 1 aliphatic rings. The predicted molar refractivity (Wildman–Crippen MR) is 72.8 cm³/mol. The van der Waals surface area contributed by atoms with E-state index in [1.165, 1.54) is 12.6 Å². The van der Waals surface area contributed by atoms with Gasteiger partial charge in [0.15, 0.2) is 5.82 Å². The average Bonchev–Trinajstić information content (AvgIpc) is 2.95. The second kappa shape index (κ2) is 5.99. The van der Waals surface area contributed by atoms with Crippen LogP contribution in [0.1, 0.15) is 36.7 Å². The third-order valence-electron chi connectivity index (χ3n) is 3.45. The van der Waals surface area contributed by atoms with Crippen molar-refractivity contribution in [1.82, 2.24) is 15.1 Å². The SMILES string of the molecule is N#Cc1ccc(-c2nc(C(N)COC3CCC3)no2)nc1. The van der Waals surface area contributed by atoms with Crippen LogP contribution in [0, 0.1) is 11.3 Å². The molecule has 1 aliphatic carbocycles. The standard InChI is InChI=1S/C14H15N5O2/c15-6-9-4-5-12(17-7-9)14-18-13(19-21-14)11(16)8-20-10-2-1-3-10/h4-5,7,10-11H,1-3,8,16H2. The largest absolute Gasteiger partial charge is 0.376 e. The van der Waals surface area contributed by atoms with Crippen molar-refractivity contribution >= 4 is 0 Å². The molecule has 0 radical (unpaired) electrons. The highest BCUT2D eigenvalue weighted by molar-refractivity contribution is 5.47. The van der Waals surface area contributed by atoms with E-state index >= 15 is 0 Å². The molecule has 7 nitrogen and oxygen atoms in total. The van der Waals surface area contributed by atoms with Crippen LogP contribution in [0.4, 0.5) is 0 Å². The van der Waals surface area contributed by atoms with E-state index in [4.69, 9.17) is 20.3 Å². The Balaban J connectivity index is 1.65. The molecule has 0 aliphatic heterocycles. The Bertz CT molecular complexity index is 642. The molecule has 1 saturated carbocycles. The van der Waals surface area contributed by atoms with E-state index in [2.05, 4.69) is 15.1 Å². The molecular weight excluding hydrogens is 270 g/mol. The van der Waals surface area contributed by atoms with Gasteiger partial charge < -0.3 is 15.0 Å². The molecule has 1 unspecified atom stereocenters. The summed E-state index contributed by atoms with van der Waals surface area (Å²) in [6.45, 7) is 0.379. The number of pyridine rings is 1. The first kappa shape index (κ1) is 13.7. The van der Waals surface area contributed by atoms with E-state index in [1.807, 2.05) is 6.07 Å². The van der Waals surface area contributed by atoms with E-state index < -0.39 is 6.04 Å². The Labute approximate surface area is 121 Å². The molecular formula is C14H15N5O2. The van der Waals surface area contributed by atoms with Gasteiger partial charge in [0, 0.05) is 6.20 Å². The fourth-order valence-electron chi connectivity index (χ4n) is 1.93. The third-order valence-corrected chi connectivity index (χ3v) is 3.45. The number of nitrogens with two attached hydrogens (primary N) is 1. The highest BCUT2D eigenvalue weighted by atomic mass is 16.5. The molecule has 2 aromatic rings. The zero-order chi connectivity index (χ0) is 14.7. The highest BCUT2D eigenvalue weighted by Gasteiger charge is 2.21. The zero-order valence-corrected chi connectivity index (χ0v) is 11.4. The Morgan fingerprint density at radius 1 is 1.48 bits per heavy atom. The number of nitrogens with zero attached hydrogens (tertiary/aromatic N) is 4. The Morgan fingerprint density at radius 3 is 2.95 bits per heavy atom. The van der Waals surface area contributed by atoms with Gasteiger partial charge in [0.05, 0.1) is 24.3 Å². The smallest absolute Gasteiger partial charge is 0.276 e. The summed E-state index contributed by atoms with van der Waals surface area (Å²) in [4.78, 5) is 8.33. The first-order valence-corrected chi connectivity index (χ1v) is 6.83. The van der Waals surface area contributed by atoms with Gasteiger partial charge in [-0.1, -0.05) is 5.16 Å². The third kappa shape index (κ3) is 3.07. The van der Waals surface area contributed by atoms with Crippen LogP contribution >= 0.6 is 0 Å². The van der Waals surface area contributed by atoms with Crippen molar-refractivity contribution in [3.63, 3.8) is 0 Å². The van der Waals surface area contributed by atoms with Gasteiger partial charge in [0.2, 0.25) is 0 Å². The normalized spacial score (nSPS) is 16.2. The van der Waals surface area contributed by atoms with E-state index in [-0.39, 0.29) is 5.89 Å². The summed E-state index contributed by atoms with van der Waals surface area (Å²) >= 11 is 0. The first-order valence-electron chi connectivity index (χ1n) is 6.83. The molecule has 1 fully saturated rings. The molecule has 21 heavy (non-hydrogen) atoms. The summed E-state index contributed by atoms with van der Waals surface area (Å²) in [5, 5.41) is 12.6. The van der Waals surface area contributed by atoms with Crippen molar-refractivity contribution in [2.75, 3.05) is 6.61 Å². The van der Waals surface area contributed by atoms with Crippen molar-refractivity contribution in [2.45, 2.75) is 31.4 Å². The summed E-state index contributed by atoms with van der Waals surface area (Å²) in [5.41, 5.74) is 6.98. The summed E-state index contributed by atoms with van der Waals surface area (Å²) < 4.78 is 10.8. The van der Waals surface area contributed by atoms with Gasteiger partial charge in [-0.2, -0.15) is 10.2 Å². The molecule has 0 amide bonds. The van der Waals surface area contributed by atoms with E-state index in [9.17, 15) is 0 Å². The lowest BCUT2D eigenvalue weighted by Gasteiger charge is -2.26. The van der Waals surface area contributed by atoms with Gasteiger partial charge in [-0.15, -0.1) is 0 Å². The predicted octanol–water partition coefficient (Wildman–Crippen LogP) is 1.57. The molecule has 0 saturated heterocycles. The topological polar surface area (TPSA) is 111 Å². The van der Waals surface area contributed by atoms with Crippen LogP contribution in [0.2, 0.25) is 0 Å². The number of ether oxygens (including phenoxy) is 1. The van der Waals surface area contributed by atoms with Gasteiger partial charge >= 0.3 is 0 Å². The maximum absolute atomic E-state index is 8.73. The molecule has 2 heterocycles. The zero-order valence-electron chi connectivity index (χ0n) is 11.4. The van der Waals surface area contributed by atoms with E-state index in [1.54, 1.807) is 12.1 Å². The highest BCUT2D eigenvalue weighted by Crippen LogP contribution is 2.23. The maximum Gasteiger partial charge on any atom is 0.276 e. The van der Waals surface area contributed by atoms with Gasteiger partial charge in [-0.05, 0) is 31.4 Å². The Kier molecular flexibility index (Phi) is 3.90. The van der Waals surface area contributed by atoms with Gasteiger partial charge in [-0.25, -0.2) is 4.98 Å². The maximum atomic E-state index is 8.73. The van der Waals surface area contributed by atoms with Gasteiger partial charge in [0.1, 0.15) is 11.8 Å². The summed E-state index contributed by atoms with van der Waals surface area (Å²) in [6, 6.07) is 4.89. The lowest BCUT2D eigenvalue weighted by atomic mass is 9.96. The van der Waals surface area contributed by atoms with Crippen molar-refractivity contribution in [3.8, 4) is 17.7 Å². The molecule has 3 rings (SSSR count). The van der Waals surface area contributed by atoms with Gasteiger partial charge in [-0.3, -0.25) is 0 Å². The van der Waals surface area contributed by atoms with Crippen LogP contribution in [0.25, 0.3) is 11.6 Å². The number of aromatic nitrogens is 3. The molecule has 0 bridgehead atoms. The minimum absolute atomic E-state index is 0.286. The lowest BCUT2D eigenvalue weighted by molar-refractivity contribution is -0.00549. The first-order chi connectivity index (χ1) is 10.3. The molecule has 0 aromatic carbocycles. The van der Waals surface area contributed by atoms with Crippen LogP contribution < -0.4 is 5.73 Å². The number of nitriles is 1. The fourth-order valence-corrected chi connectivity index (χ4v) is 1.93. The summed E-state index contributed by atoms with van der Waals surface area (Å²) in [6.07, 6.45) is 5.19. The molecule has 7 heteroatoms. The van der Waals surface area contributed by atoms with Crippen molar-refractivity contribution < 1.29 is 9.26 Å². The van der Waals surface area contributed by atoms with Crippen LogP contribution in [0.3, 0.4) is 0 Å². The molecule has 2 N–H and O–H groups in total. The van der Waals surface area contributed by atoms with Crippen molar-refractivity contribution in [2.24, 2.45) is 5.73 Å². The van der Waals surface area contributed by atoms with Crippen LogP contribution in [-0.2, 0) is 4.74 Å². The van der Waals surface area contributed by atoms with Crippen LogP contribution in [-0.4, -0.2) is 27.8 Å². The monoisotopic (exact) mass is 285 g/mol.